The molecular formula is C17H25NO3. The van der Waals surface area contributed by atoms with Crippen LogP contribution < -0.4 is 5.32 Å². The van der Waals surface area contributed by atoms with E-state index in [-0.39, 0.29) is 17.8 Å². The summed E-state index contributed by atoms with van der Waals surface area (Å²) in [6.45, 7) is 11.7. The number of ether oxygens (including phenoxy) is 1. The van der Waals surface area contributed by atoms with Crippen LogP contribution in [0.2, 0.25) is 0 Å². The summed E-state index contributed by atoms with van der Waals surface area (Å²) in [7, 11) is 0. The zero-order valence-corrected chi connectivity index (χ0v) is 13.4. The first-order valence-corrected chi connectivity index (χ1v) is 7.59. The van der Waals surface area contributed by atoms with Crippen molar-refractivity contribution in [2.24, 2.45) is 11.3 Å². The van der Waals surface area contributed by atoms with E-state index in [1.807, 2.05) is 32.9 Å². The Morgan fingerprint density at radius 2 is 2.19 bits per heavy atom. The molecule has 1 amide bonds. The monoisotopic (exact) mass is 291 g/mol. The maximum atomic E-state index is 12.3. The molecule has 0 bridgehead atoms. The number of hydrogen-bond donors (Lipinski definition) is 1. The summed E-state index contributed by atoms with van der Waals surface area (Å²) >= 11 is 0. The van der Waals surface area contributed by atoms with E-state index in [0.717, 1.165) is 11.3 Å². The first kappa shape index (κ1) is 17.2. The van der Waals surface area contributed by atoms with Crippen molar-refractivity contribution in [2.45, 2.75) is 40.5 Å². The molecule has 1 aliphatic heterocycles. The third kappa shape index (κ3) is 2.67. The second-order valence-corrected chi connectivity index (χ2v) is 4.79. The van der Waals surface area contributed by atoms with Gasteiger partial charge in [0.25, 0.3) is 0 Å². The van der Waals surface area contributed by atoms with Crippen molar-refractivity contribution in [3.8, 4) is 0 Å². The summed E-state index contributed by atoms with van der Waals surface area (Å²) in [4.78, 5) is 24.3. The fraction of sp³-hybridized carbons (Fsp3) is 0.529. The largest absolute Gasteiger partial charge is 0.466 e. The SMILES string of the molecule is C=C/C=C1\C(=C/C)NC(=O)C12CCC2C(=O)OCC.CC. The van der Waals surface area contributed by atoms with Gasteiger partial charge in [-0.25, -0.2) is 0 Å². The smallest absolute Gasteiger partial charge is 0.310 e. The quantitative estimate of drug-likeness (QED) is 0.813. The van der Waals surface area contributed by atoms with Crippen LogP contribution in [0.25, 0.3) is 0 Å². The summed E-state index contributed by atoms with van der Waals surface area (Å²) in [6, 6.07) is 0. The molecule has 0 aromatic heterocycles. The van der Waals surface area contributed by atoms with Crippen molar-refractivity contribution >= 4 is 11.9 Å². The average Bonchev–Trinajstić information content (AvgIpc) is 2.74. The Balaban J connectivity index is 0.00000106. The lowest BCUT2D eigenvalue weighted by Gasteiger charge is -2.43. The highest BCUT2D eigenvalue weighted by molar-refractivity contribution is 5.99. The van der Waals surface area contributed by atoms with Crippen molar-refractivity contribution in [2.75, 3.05) is 6.61 Å². The van der Waals surface area contributed by atoms with E-state index in [1.165, 1.54) is 0 Å². The molecule has 2 unspecified atom stereocenters. The Labute approximate surface area is 126 Å². The van der Waals surface area contributed by atoms with E-state index >= 15 is 0 Å². The first-order chi connectivity index (χ1) is 10.1. The van der Waals surface area contributed by atoms with E-state index < -0.39 is 5.41 Å². The van der Waals surface area contributed by atoms with Crippen molar-refractivity contribution in [1.29, 1.82) is 0 Å². The van der Waals surface area contributed by atoms with Gasteiger partial charge in [-0.2, -0.15) is 0 Å². The highest BCUT2D eigenvalue weighted by Crippen LogP contribution is 2.57. The normalized spacial score (nSPS) is 30.5. The lowest BCUT2D eigenvalue weighted by molar-refractivity contribution is -0.162. The van der Waals surface area contributed by atoms with Crippen LogP contribution in [-0.2, 0) is 14.3 Å². The van der Waals surface area contributed by atoms with Crippen LogP contribution in [0.1, 0.15) is 40.5 Å². The molecule has 2 fully saturated rings. The van der Waals surface area contributed by atoms with Gasteiger partial charge in [-0.05, 0) is 32.3 Å². The maximum absolute atomic E-state index is 12.3. The van der Waals surface area contributed by atoms with E-state index in [9.17, 15) is 9.59 Å². The number of carbonyl (C=O) groups is 2. The van der Waals surface area contributed by atoms with Crippen LogP contribution in [0, 0.1) is 11.3 Å². The van der Waals surface area contributed by atoms with Gasteiger partial charge in [0.1, 0.15) is 0 Å². The van der Waals surface area contributed by atoms with Gasteiger partial charge < -0.3 is 10.1 Å². The Kier molecular flexibility index (Phi) is 5.94. The molecule has 1 heterocycles. The minimum absolute atomic E-state index is 0.0991. The predicted octanol–water partition coefficient (Wildman–Crippen LogP) is 3.12. The van der Waals surface area contributed by atoms with Gasteiger partial charge >= 0.3 is 5.97 Å². The van der Waals surface area contributed by atoms with Crippen LogP contribution in [0.4, 0.5) is 0 Å². The fourth-order valence-corrected chi connectivity index (χ4v) is 2.98. The molecule has 0 aromatic rings. The molecule has 1 N–H and O–H groups in total. The van der Waals surface area contributed by atoms with Gasteiger partial charge in [-0.15, -0.1) is 0 Å². The molecule has 21 heavy (non-hydrogen) atoms. The van der Waals surface area contributed by atoms with Gasteiger partial charge in [-0.1, -0.05) is 38.7 Å². The molecule has 4 heteroatoms. The molecule has 1 spiro atoms. The van der Waals surface area contributed by atoms with Crippen molar-refractivity contribution in [3.05, 3.63) is 36.1 Å². The van der Waals surface area contributed by atoms with Crippen LogP contribution in [-0.4, -0.2) is 18.5 Å². The average molecular weight is 291 g/mol. The highest BCUT2D eigenvalue weighted by Gasteiger charge is 2.62. The standard InChI is InChI=1S/C15H19NO3.C2H6/c1-4-7-10-12(5-2)16-14(18)15(10)9-8-11(15)13(17)19-6-3;1-2/h4-5,7,11H,1,6,8-9H2,2-3H3,(H,16,18);1-2H3/b10-7+,12-5+;. The molecule has 1 aliphatic carbocycles. The Bertz CT molecular complexity index is 490. The number of rotatable bonds is 3. The third-order valence-electron chi connectivity index (χ3n) is 3.99. The van der Waals surface area contributed by atoms with Gasteiger partial charge in [0.05, 0.1) is 17.9 Å². The number of nitrogens with one attached hydrogen (secondary N) is 1. The van der Waals surface area contributed by atoms with Crippen LogP contribution >= 0.6 is 0 Å². The Morgan fingerprint density at radius 1 is 1.52 bits per heavy atom. The summed E-state index contributed by atoms with van der Waals surface area (Å²) in [5.74, 6) is -0.759. The second-order valence-electron chi connectivity index (χ2n) is 4.79. The van der Waals surface area contributed by atoms with E-state index in [1.54, 1.807) is 13.0 Å². The van der Waals surface area contributed by atoms with E-state index in [4.69, 9.17) is 4.74 Å². The molecule has 2 atom stereocenters. The molecule has 2 rings (SSSR count). The lowest BCUT2D eigenvalue weighted by Crippen LogP contribution is -2.51. The first-order valence-electron chi connectivity index (χ1n) is 7.59. The summed E-state index contributed by atoms with van der Waals surface area (Å²) in [5, 5.41) is 2.86. The van der Waals surface area contributed by atoms with Crippen molar-refractivity contribution in [3.63, 3.8) is 0 Å². The van der Waals surface area contributed by atoms with Crippen LogP contribution in [0.3, 0.4) is 0 Å². The molecule has 1 saturated heterocycles. The second kappa shape index (κ2) is 7.25. The molecule has 0 aromatic carbocycles. The molecule has 1 saturated carbocycles. The van der Waals surface area contributed by atoms with Crippen LogP contribution in [0.15, 0.2) is 36.1 Å². The predicted molar refractivity (Wildman–Crippen MR) is 83.3 cm³/mol. The van der Waals surface area contributed by atoms with Crippen molar-refractivity contribution < 1.29 is 14.3 Å². The van der Waals surface area contributed by atoms with Gasteiger partial charge in [-0.3, -0.25) is 9.59 Å². The molecular weight excluding hydrogens is 266 g/mol. The molecule has 4 nitrogen and oxygen atoms in total. The summed E-state index contributed by atoms with van der Waals surface area (Å²) in [5.41, 5.74) is 0.889. The topological polar surface area (TPSA) is 55.4 Å². The number of carbonyl (C=O) groups excluding carboxylic acids is 2. The van der Waals surface area contributed by atoms with Gasteiger partial charge in [0.15, 0.2) is 0 Å². The van der Waals surface area contributed by atoms with E-state index in [0.29, 0.717) is 19.4 Å². The number of allylic oxidation sites excluding steroid dienone is 4. The molecule has 116 valence electrons. The highest BCUT2D eigenvalue weighted by atomic mass is 16.5. The van der Waals surface area contributed by atoms with Crippen molar-refractivity contribution in [1.82, 2.24) is 5.32 Å². The molecule has 0 radical (unpaired) electrons. The number of esters is 1. The lowest BCUT2D eigenvalue weighted by atomic mass is 9.56. The number of hydrogen-bond acceptors (Lipinski definition) is 3. The fourth-order valence-electron chi connectivity index (χ4n) is 2.98. The van der Waals surface area contributed by atoms with Gasteiger partial charge in [0, 0.05) is 5.70 Å². The maximum Gasteiger partial charge on any atom is 0.310 e. The van der Waals surface area contributed by atoms with Crippen LogP contribution in [0.5, 0.6) is 0 Å². The summed E-state index contributed by atoms with van der Waals surface area (Å²) in [6.07, 6.45) is 6.69. The summed E-state index contributed by atoms with van der Waals surface area (Å²) < 4.78 is 5.08. The zero-order chi connectivity index (χ0) is 16.0. The minimum Gasteiger partial charge on any atom is -0.466 e. The third-order valence-corrected chi connectivity index (χ3v) is 3.99. The zero-order valence-electron chi connectivity index (χ0n) is 13.4. The Hall–Kier alpha value is -1.84. The number of amides is 1. The van der Waals surface area contributed by atoms with E-state index in [2.05, 4.69) is 11.9 Å². The minimum atomic E-state index is -0.748. The molecule has 2 aliphatic rings. The van der Waals surface area contributed by atoms with Gasteiger partial charge in [0.2, 0.25) is 5.91 Å². The Morgan fingerprint density at radius 3 is 2.62 bits per heavy atom.